The molecule has 1 heterocycles. The third kappa shape index (κ3) is 3.33. The minimum absolute atomic E-state index is 0.0558. The van der Waals surface area contributed by atoms with E-state index in [-0.39, 0.29) is 11.9 Å². The van der Waals surface area contributed by atoms with Crippen molar-refractivity contribution in [3.63, 3.8) is 0 Å². The molecule has 1 unspecified atom stereocenters. The van der Waals surface area contributed by atoms with Gasteiger partial charge in [-0.1, -0.05) is 18.2 Å². The van der Waals surface area contributed by atoms with Crippen molar-refractivity contribution in [2.45, 2.75) is 19.4 Å². The maximum Gasteiger partial charge on any atom is 0.212 e. The molecule has 0 aliphatic heterocycles. The van der Waals surface area contributed by atoms with Gasteiger partial charge in [-0.2, -0.15) is 0 Å². The van der Waals surface area contributed by atoms with E-state index in [0.29, 0.717) is 11.4 Å². The second kappa shape index (κ2) is 6.48. The number of rotatable bonds is 5. The van der Waals surface area contributed by atoms with Crippen molar-refractivity contribution in [1.82, 2.24) is 10.3 Å². The van der Waals surface area contributed by atoms with Gasteiger partial charge in [-0.25, -0.2) is 9.37 Å². The van der Waals surface area contributed by atoms with Gasteiger partial charge >= 0.3 is 0 Å². The highest BCUT2D eigenvalue weighted by Crippen LogP contribution is 2.21. The van der Waals surface area contributed by atoms with Gasteiger partial charge in [-0.05, 0) is 43.1 Å². The number of pyridine rings is 1. The number of aromatic nitrogens is 1. The zero-order valence-electron chi connectivity index (χ0n) is 12.0. The normalized spacial score (nSPS) is 12.2. The first-order valence-electron chi connectivity index (χ1n) is 6.56. The van der Waals surface area contributed by atoms with Crippen LogP contribution in [0.1, 0.15) is 22.7 Å². The Morgan fingerprint density at radius 3 is 2.65 bits per heavy atom. The molecule has 0 aliphatic rings. The van der Waals surface area contributed by atoms with Crippen LogP contribution in [0.2, 0.25) is 0 Å². The summed E-state index contributed by atoms with van der Waals surface area (Å²) in [5, 5.41) is 3.22. The molecule has 0 bridgehead atoms. The number of aryl methyl sites for hydroxylation is 1. The molecule has 4 heteroatoms. The SMILES string of the molecule is CNC(Cc1ccc(OC)nc1)c1ccc(C)c(F)c1. The molecule has 1 atom stereocenters. The average molecular weight is 274 g/mol. The first-order valence-corrected chi connectivity index (χ1v) is 6.56. The summed E-state index contributed by atoms with van der Waals surface area (Å²) >= 11 is 0. The van der Waals surface area contributed by atoms with Crippen LogP contribution in [0.4, 0.5) is 4.39 Å². The average Bonchev–Trinajstić information content (AvgIpc) is 2.48. The van der Waals surface area contributed by atoms with Crippen LogP contribution < -0.4 is 10.1 Å². The number of hydrogen-bond acceptors (Lipinski definition) is 3. The maximum atomic E-state index is 13.7. The van der Waals surface area contributed by atoms with E-state index in [4.69, 9.17) is 4.74 Å². The van der Waals surface area contributed by atoms with Crippen LogP contribution in [0.5, 0.6) is 5.88 Å². The van der Waals surface area contributed by atoms with Crippen molar-refractivity contribution in [3.05, 3.63) is 59.0 Å². The third-order valence-corrected chi connectivity index (χ3v) is 3.39. The predicted molar refractivity (Wildman–Crippen MR) is 77.4 cm³/mol. The van der Waals surface area contributed by atoms with Gasteiger partial charge in [0.05, 0.1) is 7.11 Å². The van der Waals surface area contributed by atoms with Crippen molar-refractivity contribution < 1.29 is 9.13 Å². The molecular weight excluding hydrogens is 255 g/mol. The molecule has 0 fully saturated rings. The summed E-state index contributed by atoms with van der Waals surface area (Å²) in [6.45, 7) is 1.76. The first-order chi connectivity index (χ1) is 9.63. The van der Waals surface area contributed by atoms with Gasteiger partial charge in [0, 0.05) is 18.3 Å². The van der Waals surface area contributed by atoms with Crippen molar-refractivity contribution in [2.75, 3.05) is 14.2 Å². The molecule has 0 saturated carbocycles. The summed E-state index contributed by atoms with van der Waals surface area (Å²) in [4.78, 5) is 4.19. The molecule has 2 rings (SSSR count). The molecule has 0 radical (unpaired) electrons. The highest BCUT2D eigenvalue weighted by atomic mass is 19.1. The molecule has 0 amide bonds. The number of ether oxygens (including phenoxy) is 1. The van der Waals surface area contributed by atoms with E-state index in [2.05, 4.69) is 10.3 Å². The fraction of sp³-hybridized carbons (Fsp3) is 0.312. The van der Waals surface area contributed by atoms with Crippen LogP contribution in [0.15, 0.2) is 36.5 Å². The predicted octanol–water partition coefficient (Wildman–Crippen LogP) is 3.04. The quantitative estimate of drug-likeness (QED) is 0.910. The number of methoxy groups -OCH3 is 1. The minimum atomic E-state index is -0.171. The Morgan fingerprint density at radius 2 is 2.10 bits per heavy atom. The molecular formula is C16H19FN2O. The summed E-state index contributed by atoms with van der Waals surface area (Å²) in [5.41, 5.74) is 2.67. The van der Waals surface area contributed by atoms with E-state index in [1.807, 2.05) is 25.2 Å². The van der Waals surface area contributed by atoms with E-state index in [0.717, 1.165) is 17.5 Å². The standard InChI is InChI=1S/C16H19FN2O/c1-11-4-6-13(9-14(11)17)15(18-2)8-12-5-7-16(20-3)19-10-12/h4-7,9-10,15,18H,8H2,1-3H3. The zero-order chi connectivity index (χ0) is 14.5. The molecule has 0 aliphatic carbocycles. The fourth-order valence-electron chi connectivity index (χ4n) is 2.10. The summed E-state index contributed by atoms with van der Waals surface area (Å²) in [5.74, 6) is 0.423. The van der Waals surface area contributed by atoms with Crippen molar-refractivity contribution in [3.8, 4) is 5.88 Å². The monoisotopic (exact) mass is 274 g/mol. The molecule has 2 aromatic rings. The Hall–Kier alpha value is -1.94. The Kier molecular flexibility index (Phi) is 4.69. The van der Waals surface area contributed by atoms with Crippen LogP contribution in [0, 0.1) is 12.7 Å². The summed E-state index contributed by atoms with van der Waals surface area (Å²) < 4.78 is 18.7. The van der Waals surface area contributed by atoms with Crippen LogP contribution in [-0.4, -0.2) is 19.1 Å². The lowest BCUT2D eigenvalue weighted by Gasteiger charge is -2.17. The highest BCUT2D eigenvalue weighted by molar-refractivity contribution is 5.28. The molecule has 1 aromatic heterocycles. The molecule has 20 heavy (non-hydrogen) atoms. The number of hydrogen-bond donors (Lipinski definition) is 1. The van der Waals surface area contributed by atoms with E-state index < -0.39 is 0 Å². The summed E-state index contributed by atoms with van der Waals surface area (Å²) in [6, 6.07) is 9.21. The molecule has 106 valence electrons. The zero-order valence-corrected chi connectivity index (χ0v) is 12.0. The van der Waals surface area contributed by atoms with Gasteiger partial charge in [0.2, 0.25) is 5.88 Å². The van der Waals surface area contributed by atoms with Gasteiger partial charge in [0.15, 0.2) is 0 Å². The van der Waals surface area contributed by atoms with E-state index >= 15 is 0 Å². The number of halogens is 1. The lowest BCUT2D eigenvalue weighted by atomic mass is 9.99. The topological polar surface area (TPSA) is 34.1 Å². The fourth-order valence-corrected chi connectivity index (χ4v) is 2.10. The maximum absolute atomic E-state index is 13.7. The first kappa shape index (κ1) is 14.5. The largest absolute Gasteiger partial charge is 0.481 e. The molecule has 0 saturated heterocycles. The lowest BCUT2D eigenvalue weighted by molar-refractivity contribution is 0.397. The van der Waals surface area contributed by atoms with Crippen molar-refractivity contribution in [1.29, 1.82) is 0 Å². The Bertz CT molecular complexity index is 569. The number of nitrogens with one attached hydrogen (secondary N) is 1. The molecule has 3 nitrogen and oxygen atoms in total. The van der Waals surface area contributed by atoms with Crippen molar-refractivity contribution >= 4 is 0 Å². The molecule has 1 N–H and O–H groups in total. The lowest BCUT2D eigenvalue weighted by Crippen LogP contribution is -2.19. The van der Waals surface area contributed by atoms with Crippen molar-refractivity contribution in [2.24, 2.45) is 0 Å². The molecule has 0 spiro atoms. The number of likely N-dealkylation sites (N-methyl/N-ethyl adjacent to an activating group) is 1. The van der Waals surface area contributed by atoms with E-state index in [1.165, 1.54) is 0 Å². The van der Waals surface area contributed by atoms with Gasteiger partial charge < -0.3 is 10.1 Å². The Morgan fingerprint density at radius 1 is 1.30 bits per heavy atom. The van der Waals surface area contributed by atoms with Crippen LogP contribution in [0.25, 0.3) is 0 Å². The molecule has 1 aromatic carbocycles. The van der Waals surface area contributed by atoms with Gasteiger partial charge in [0.25, 0.3) is 0 Å². The minimum Gasteiger partial charge on any atom is -0.481 e. The van der Waals surface area contributed by atoms with Gasteiger partial charge in [0.1, 0.15) is 5.82 Å². The summed E-state index contributed by atoms with van der Waals surface area (Å²) in [7, 11) is 3.47. The van der Waals surface area contributed by atoms with Gasteiger partial charge in [-0.3, -0.25) is 0 Å². The van der Waals surface area contributed by atoms with Crippen LogP contribution >= 0.6 is 0 Å². The smallest absolute Gasteiger partial charge is 0.212 e. The van der Waals surface area contributed by atoms with Crippen LogP contribution in [0.3, 0.4) is 0 Å². The third-order valence-electron chi connectivity index (χ3n) is 3.39. The van der Waals surface area contributed by atoms with E-state index in [1.54, 1.807) is 32.4 Å². The summed E-state index contributed by atoms with van der Waals surface area (Å²) in [6.07, 6.45) is 2.53. The highest BCUT2D eigenvalue weighted by Gasteiger charge is 2.12. The van der Waals surface area contributed by atoms with E-state index in [9.17, 15) is 4.39 Å². The van der Waals surface area contributed by atoms with Crippen LogP contribution in [-0.2, 0) is 6.42 Å². The second-order valence-corrected chi connectivity index (χ2v) is 4.76. The van der Waals surface area contributed by atoms with Gasteiger partial charge in [-0.15, -0.1) is 0 Å². The Balaban J connectivity index is 2.16. The second-order valence-electron chi connectivity index (χ2n) is 4.76. The number of nitrogens with zero attached hydrogens (tertiary/aromatic N) is 1. The Labute approximate surface area is 118 Å². The number of benzene rings is 1.